The van der Waals surface area contributed by atoms with Crippen molar-refractivity contribution in [3.8, 4) is 73.1 Å². The molecule has 0 aliphatic heterocycles. The van der Waals surface area contributed by atoms with Crippen LogP contribution in [-0.4, -0.2) is 19.5 Å². The third-order valence-corrected chi connectivity index (χ3v) is 11.2. The lowest BCUT2D eigenvalue weighted by Crippen LogP contribution is -1.97. The van der Waals surface area contributed by atoms with Crippen molar-refractivity contribution in [1.29, 1.82) is 0 Å². The smallest absolute Gasteiger partial charge is 0.160 e. The molecule has 0 N–H and O–H groups in total. The molecule has 0 spiro atoms. The third kappa shape index (κ3) is 6.24. The van der Waals surface area contributed by atoms with Crippen LogP contribution in [0.3, 0.4) is 0 Å². The molecule has 0 radical (unpaired) electrons. The first-order chi connectivity index (χ1) is 29.2. The summed E-state index contributed by atoms with van der Waals surface area (Å²) in [7, 11) is 0. The molecule has 4 nitrogen and oxygen atoms in total. The van der Waals surface area contributed by atoms with Gasteiger partial charge in [-0.25, -0.2) is 15.0 Å². The van der Waals surface area contributed by atoms with Crippen molar-refractivity contribution in [2.75, 3.05) is 0 Å². The van der Waals surface area contributed by atoms with Gasteiger partial charge in [-0.05, 0) is 58.7 Å². The average Bonchev–Trinajstić information content (AvgIpc) is 3.68. The highest BCUT2D eigenvalue weighted by Crippen LogP contribution is 2.42. The largest absolute Gasteiger partial charge is 0.308 e. The van der Waals surface area contributed by atoms with Crippen LogP contribution in [0.1, 0.15) is 0 Å². The fraction of sp³-hybridized carbons (Fsp3) is 0. The third-order valence-electron chi connectivity index (χ3n) is 11.2. The van der Waals surface area contributed by atoms with E-state index in [4.69, 9.17) is 15.0 Å². The molecule has 0 bridgehead atoms. The van der Waals surface area contributed by atoms with Gasteiger partial charge in [0.2, 0.25) is 0 Å². The Morgan fingerprint density at radius 3 is 1.42 bits per heavy atom. The molecular weight excluding hydrogens is 717 g/mol. The van der Waals surface area contributed by atoms with E-state index in [9.17, 15) is 0 Å². The first kappa shape index (κ1) is 34.3. The van der Waals surface area contributed by atoms with Crippen molar-refractivity contribution < 1.29 is 0 Å². The van der Waals surface area contributed by atoms with Gasteiger partial charge in [-0.15, -0.1) is 0 Å². The van der Waals surface area contributed by atoms with Crippen LogP contribution in [0, 0.1) is 0 Å². The van der Waals surface area contributed by atoms with E-state index in [0.29, 0.717) is 5.82 Å². The van der Waals surface area contributed by atoms with Crippen LogP contribution < -0.4 is 0 Å². The van der Waals surface area contributed by atoms with Crippen LogP contribution in [0.15, 0.2) is 218 Å². The molecule has 0 amide bonds. The van der Waals surface area contributed by atoms with Crippen LogP contribution >= 0.6 is 0 Å². The summed E-state index contributed by atoms with van der Waals surface area (Å²) >= 11 is 0. The Kier molecular flexibility index (Phi) is 8.45. The van der Waals surface area contributed by atoms with Crippen LogP contribution in [0.25, 0.3) is 106 Å². The SMILES string of the molecule is c1ccc(-c2ccc(-c3cc(-c4ccc(-c5ccccc5)cc4)nc(-c4cccc(-c5nc6ccccc6c6c5c5ccccc5n6-c5ccccc5)c4)n3)cc2)cc1. The number of hydrogen-bond acceptors (Lipinski definition) is 3. The van der Waals surface area contributed by atoms with Gasteiger partial charge < -0.3 is 4.57 Å². The zero-order valence-electron chi connectivity index (χ0n) is 32.1. The van der Waals surface area contributed by atoms with E-state index in [-0.39, 0.29) is 0 Å². The summed E-state index contributed by atoms with van der Waals surface area (Å²) in [4.78, 5) is 16.0. The molecule has 4 heteroatoms. The van der Waals surface area contributed by atoms with Gasteiger partial charge in [0.1, 0.15) is 0 Å². The number of benzene rings is 8. The van der Waals surface area contributed by atoms with Crippen molar-refractivity contribution in [3.63, 3.8) is 0 Å². The number of rotatable bonds is 7. The molecule has 0 atom stereocenters. The number of para-hydroxylation sites is 3. The maximum atomic E-state index is 5.41. The Hall–Kier alpha value is -7.95. The number of pyridine rings is 1. The van der Waals surface area contributed by atoms with Gasteiger partial charge in [0.05, 0.1) is 33.6 Å². The maximum absolute atomic E-state index is 5.41. The lowest BCUT2D eigenvalue weighted by Gasteiger charge is -2.13. The molecule has 0 unspecified atom stereocenters. The Labute approximate surface area is 342 Å². The first-order valence-electron chi connectivity index (χ1n) is 19.9. The topological polar surface area (TPSA) is 43.6 Å². The van der Waals surface area contributed by atoms with E-state index in [1.54, 1.807) is 0 Å². The molecule has 0 aliphatic rings. The molecule has 11 aromatic rings. The van der Waals surface area contributed by atoms with E-state index in [1.807, 2.05) is 12.1 Å². The number of hydrogen-bond donors (Lipinski definition) is 0. The minimum atomic E-state index is 0.655. The van der Waals surface area contributed by atoms with E-state index in [1.165, 1.54) is 11.1 Å². The van der Waals surface area contributed by atoms with Crippen LogP contribution in [0.5, 0.6) is 0 Å². The summed E-state index contributed by atoms with van der Waals surface area (Å²) in [6.07, 6.45) is 0. The molecule has 0 saturated carbocycles. The molecule has 59 heavy (non-hydrogen) atoms. The molecule has 11 rings (SSSR count). The minimum Gasteiger partial charge on any atom is -0.308 e. The second-order valence-corrected chi connectivity index (χ2v) is 14.8. The second kappa shape index (κ2) is 14.5. The van der Waals surface area contributed by atoms with Crippen molar-refractivity contribution in [1.82, 2.24) is 19.5 Å². The summed E-state index contributed by atoms with van der Waals surface area (Å²) in [5, 5.41) is 3.39. The standard InChI is InChI=1S/C55H36N4/c1-4-15-37(16-5-1)39-27-31-41(32-28-39)49-36-50(42-33-29-40(30-34-42)38-17-6-2-7-18-38)58-55(57-49)44-20-14-19-43(35-44)53-52-47-24-11-13-26-51(47)59(45-21-8-3-9-22-45)54(52)46-23-10-12-25-48(46)56-53/h1-36H. The minimum absolute atomic E-state index is 0.655. The number of nitrogens with zero attached hydrogens (tertiary/aromatic N) is 4. The van der Waals surface area contributed by atoms with Gasteiger partial charge >= 0.3 is 0 Å². The quantitative estimate of drug-likeness (QED) is 0.163. The average molecular weight is 753 g/mol. The van der Waals surface area contributed by atoms with Crippen LogP contribution in [0.2, 0.25) is 0 Å². The van der Waals surface area contributed by atoms with Crippen molar-refractivity contribution in [3.05, 3.63) is 218 Å². The second-order valence-electron chi connectivity index (χ2n) is 14.8. The summed E-state index contributed by atoms with van der Waals surface area (Å²) in [6, 6.07) is 76.6. The molecule has 3 aromatic heterocycles. The fourth-order valence-corrected chi connectivity index (χ4v) is 8.34. The van der Waals surface area contributed by atoms with Crippen LogP contribution in [-0.2, 0) is 0 Å². The molecule has 8 aromatic carbocycles. The Balaban J connectivity index is 1.09. The zero-order chi connectivity index (χ0) is 39.1. The number of aromatic nitrogens is 4. The van der Waals surface area contributed by atoms with Crippen molar-refractivity contribution in [2.45, 2.75) is 0 Å². The predicted octanol–water partition coefficient (Wildman–Crippen LogP) is 14.1. The molecule has 0 aliphatic carbocycles. The van der Waals surface area contributed by atoms with E-state index in [0.717, 1.165) is 88.9 Å². The molecule has 0 fully saturated rings. The predicted molar refractivity (Wildman–Crippen MR) is 244 cm³/mol. The summed E-state index contributed by atoms with van der Waals surface area (Å²) < 4.78 is 2.38. The summed E-state index contributed by atoms with van der Waals surface area (Å²) in [6.45, 7) is 0. The highest BCUT2D eigenvalue weighted by Gasteiger charge is 2.21. The van der Waals surface area contributed by atoms with E-state index in [2.05, 4.69) is 211 Å². The van der Waals surface area contributed by atoms with Gasteiger partial charge in [-0.3, -0.25) is 0 Å². The Bertz CT molecular complexity index is 3180. The van der Waals surface area contributed by atoms with Gasteiger partial charge in [0.25, 0.3) is 0 Å². The highest BCUT2D eigenvalue weighted by atomic mass is 15.0. The lowest BCUT2D eigenvalue weighted by atomic mass is 9.99. The van der Waals surface area contributed by atoms with Crippen molar-refractivity contribution in [2.24, 2.45) is 0 Å². The van der Waals surface area contributed by atoms with E-state index < -0.39 is 0 Å². The summed E-state index contributed by atoms with van der Waals surface area (Å²) in [5.74, 6) is 0.655. The first-order valence-corrected chi connectivity index (χ1v) is 19.9. The molecule has 276 valence electrons. The lowest BCUT2D eigenvalue weighted by molar-refractivity contribution is 1.18. The maximum Gasteiger partial charge on any atom is 0.160 e. The van der Waals surface area contributed by atoms with Gasteiger partial charge in [0.15, 0.2) is 5.82 Å². The number of fused-ring (bicyclic) bond motifs is 5. The van der Waals surface area contributed by atoms with Gasteiger partial charge in [-0.1, -0.05) is 182 Å². The molecule has 3 heterocycles. The van der Waals surface area contributed by atoms with Crippen LogP contribution in [0.4, 0.5) is 0 Å². The fourth-order valence-electron chi connectivity index (χ4n) is 8.34. The van der Waals surface area contributed by atoms with Gasteiger partial charge in [-0.2, -0.15) is 0 Å². The van der Waals surface area contributed by atoms with E-state index >= 15 is 0 Å². The van der Waals surface area contributed by atoms with Crippen molar-refractivity contribution >= 4 is 32.7 Å². The molecular formula is C55H36N4. The highest BCUT2D eigenvalue weighted by molar-refractivity contribution is 6.22. The zero-order valence-corrected chi connectivity index (χ0v) is 32.1. The normalized spacial score (nSPS) is 11.4. The monoisotopic (exact) mass is 752 g/mol. The Morgan fingerprint density at radius 1 is 0.322 bits per heavy atom. The molecule has 0 saturated heterocycles. The van der Waals surface area contributed by atoms with Gasteiger partial charge in [0, 0.05) is 44.1 Å². The Morgan fingerprint density at radius 2 is 0.797 bits per heavy atom. The summed E-state index contributed by atoms with van der Waals surface area (Å²) in [5.41, 5.74) is 15.6.